The number of sulfonamides is 1. The lowest BCUT2D eigenvalue weighted by atomic mass is 10.2. The smallest absolute Gasteiger partial charge is 0.417 e. The molecular formula is C19H21F3N2O3S. The number of piperazine rings is 1. The van der Waals surface area contributed by atoms with Crippen LogP contribution in [0, 0.1) is 0 Å². The van der Waals surface area contributed by atoms with Gasteiger partial charge in [0, 0.05) is 32.7 Å². The molecule has 0 N–H and O–H groups in total. The van der Waals surface area contributed by atoms with Gasteiger partial charge in [-0.2, -0.15) is 17.5 Å². The molecule has 1 aliphatic heterocycles. The van der Waals surface area contributed by atoms with Crippen LogP contribution in [0.2, 0.25) is 0 Å². The van der Waals surface area contributed by atoms with Gasteiger partial charge in [0.15, 0.2) is 0 Å². The van der Waals surface area contributed by atoms with Crippen LogP contribution in [-0.2, 0) is 22.7 Å². The van der Waals surface area contributed by atoms with Crippen LogP contribution in [0.3, 0.4) is 0 Å². The molecule has 5 nitrogen and oxygen atoms in total. The molecule has 0 spiro atoms. The molecule has 1 heterocycles. The van der Waals surface area contributed by atoms with Crippen LogP contribution >= 0.6 is 0 Å². The average molecular weight is 414 g/mol. The van der Waals surface area contributed by atoms with Crippen molar-refractivity contribution in [2.45, 2.75) is 17.6 Å². The second kappa shape index (κ2) is 8.10. The molecular weight excluding hydrogens is 393 g/mol. The van der Waals surface area contributed by atoms with Crippen molar-refractivity contribution in [3.05, 3.63) is 59.7 Å². The summed E-state index contributed by atoms with van der Waals surface area (Å²) in [5, 5.41) is 0. The first-order valence-corrected chi connectivity index (χ1v) is 10.2. The van der Waals surface area contributed by atoms with Gasteiger partial charge in [0.05, 0.1) is 17.6 Å². The third kappa shape index (κ3) is 4.48. The molecule has 0 aliphatic carbocycles. The number of nitrogens with zero attached hydrogens (tertiary/aromatic N) is 2. The van der Waals surface area contributed by atoms with Gasteiger partial charge in [0.2, 0.25) is 10.0 Å². The number of ether oxygens (including phenoxy) is 1. The number of benzene rings is 2. The summed E-state index contributed by atoms with van der Waals surface area (Å²) in [7, 11) is -2.63. The van der Waals surface area contributed by atoms with Crippen LogP contribution in [-0.4, -0.2) is 50.9 Å². The maximum Gasteiger partial charge on any atom is 0.417 e. The van der Waals surface area contributed by atoms with Crippen LogP contribution in [0.25, 0.3) is 0 Å². The summed E-state index contributed by atoms with van der Waals surface area (Å²) >= 11 is 0. The molecule has 1 saturated heterocycles. The third-order valence-corrected chi connectivity index (χ3v) is 6.64. The van der Waals surface area contributed by atoms with Gasteiger partial charge in [0.25, 0.3) is 0 Å². The largest absolute Gasteiger partial charge is 0.497 e. The van der Waals surface area contributed by atoms with E-state index in [1.165, 1.54) is 12.1 Å². The lowest BCUT2D eigenvalue weighted by Crippen LogP contribution is -2.48. The molecule has 9 heteroatoms. The SMILES string of the molecule is COc1cccc(CN2CCN(S(=O)(=O)c3ccccc3C(F)(F)F)CC2)c1. The van der Waals surface area contributed by atoms with E-state index in [4.69, 9.17) is 4.74 Å². The first kappa shape index (κ1) is 20.6. The van der Waals surface area contributed by atoms with E-state index in [2.05, 4.69) is 4.90 Å². The molecule has 2 aromatic rings. The van der Waals surface area contributed by atoms with Crippen molar-refractivity contribution in [2.75, 3.05) is 33.3 Å². The highest BCUT2D eigenvalue weighted by Gasteiger charge is 2.39. The van der Waals surface area contributed by atoms with Crippen LogP contribution in [0.15, 0.2) is 53.4 Å². The van der Waals surface area contributed by atoms with E-state index in [1.54, 1.807) is 7.11 Å². The number of rotatable bonds is 5. The minimum absolute atomic E-state index is 0.137. The summed E-state index contributed by atoms with van der Waals surface area (Å²) in [4.78, 5) is 1.37. The van der Waals surface area contributed by atoms with Gasteiger partial charge < -0.3 is 4.74 Å². The number of halogens is 3. The quantitative estimate of drug-likeness (QED) is 0.754. The van der Waals surface area contributed by atoms with Gasteiger partial charge in [-0.1, -0.05) is 24.3 Å². The van der Waals surface area contributed by atoms with Crippen molar-refractivity contribution < 1.29 is 26.3 Å². The van der Waals surface area contributed by atoms with Crippen LogP contribution in [0.5, 0.6) is 5.75 Å². The average Bonchev–Trinajstić information content (AvgIpc) is 2.68. The Hall–Kier alpha value is -2.10. The van der Waals surface area contributed by atoms with E-state index in [0.717, 1.165) is 27.8 Å². The Balaban J connectivity index is 1.71. The van der Waals surface area contributed by atoms with Gasteiger partial charge in [-0.05, 0) is 29.8 Å². The van der Waals surface area contributed by atoms with E-state index >= 15 is 0 Å². The molecule has 0 saturated carbocycles. The zero-order chi connectivity index (χ0) is 20.4. The monoisotopic (exact) mass is 414 g/mol. The minimum Gasteiger partial charge on any atom is -0.497 e. The predicted octanol–water partition coefficient (Wildman–Crippen LogP) is 3.22. The van der Waals surface area contributed by atoms with Crippen LogP contribution in [0.1, 0.15) is 11.1 Å². The Morgan fingerprint density at radius 1 is 1.00 bits per heavy atom. The van der Waals surface area contributed by atoms with Crippen LogP contribution in [0.4, 0.5) is 13.2 Å². The molecule has 0 radical (unpaired) electrons. The van der Waals surface area contributed by atoms with E-state index in [9.17, 15) is 21.6 Å². The number of methoxy groups -OCH3 is 1. The molecule has 28 heavy (non-hydrogen) atoms. The van der Waals surface area contributed by atoms with Crippen molar-refractivity contribution in [1.29, 1.82) is 0 Å². The fourth-order valence-electron chi connectivity index (χ4n) is 3.22. The zero-order valence-corrected chi connectivity index (χ0v) is 16.1. The maximum atomic E-state index is 13.2. The Morgan fingerprint density at radius 2 is 1.68 bits per heavy atom. The predicted molar refractivity (Wildman–Crippen MR) is 98.5 cm³/mol. The van der Waals surface area contributed by atoms with Gasteiger partial charge in [-0.15, -0.1) is 0 Å². The molecule has 0 bridgehead atoms. The molecule has 0 atom stereocenters. The summed E-state index contributed by atoms with van der Waals surface area (Å²) in [6.07, 6.45) is -4.72. The lowest BCUT2D eigenvalue weighted by Gasteiger charge is -2.34. The molecule has 1 fully saturated rings. The zero-order valence-electron chi connectivity index (χ0n) is 15.3. The van der Waals surface area contributed by atoms with E-state index in [1.807, 2.05) is 24.3 Å². The van der Waals surface area contributed by atoms with Gasteiger partial charge in [-0.3, -0.25) is 4.90 Å². The third-order valence-electron chi connectivity index (χ3n) is 4.68. The highest BCUT2D eigenvalue weighted by Crippen LogP contribution is 2.35. The van der Waals surface area contributed by atoms with E-state index < -0.39 is 26.7 Å². The van der Waals surface area contributed by atoms with Crippen molar-refractivity contribution >= 4 is 10.0 Å². The number of hydrogen-bond donors (Lipinski definition) is 0. The Morgan fingerprint density at radius 3 is 2.32 bits per heavy atom. The Kier molecular flexibility index (Phi) is 5.97. The fraction of sp³-hybridized carbons (Fsp3) is 0.368. The first-order chi connectivity index (χ1) is 13.2. The summed E-state index contributed by atoms with van der Waals surface area (Å²) in [5.41, 5.74) is -0.105. The van der Waals surface area contributed by atoms with Crippen molar-refractivity contribution in [2.24, 2.45) is 0 Å². The van der Waals surface area contributed by atoms with Crippen molar-refractivity contribution in [1.82, 2.24) is 9.21 Å². The van der Waals surface area contributed by atoms with Crippen LogP contribution < -0.4 is 4.74 Å². The topological polar surface area (TPSA) is 49.9 Å². The maximum absolute atomic E-state index is 13.2. The normalized spacial score (nSPS) is 16.9. The molecule has 1 aliphatic rings. The molecule has 0 amide bonds. The second-order valence-electron chi connectivity index (χ2n) is 6.53. The molecule has 0 unspecified atom stereocenters. The highest BCUT2D eigenvalue weighted by atomic mass is 32.2. The number of alkyl halides is 3. The van der Waals surface area contributed by atoms with Crippen molar-refractivity contribution in [3.63, 3.8) is 0 Å². The van der Waals surface area contributed by atoms with E-state index in [-0.39, 0.29) is 13.1 Å². The standard InChI is InChI=1S/C19H21F3N2O3S/c1-27-16-6-4-5-15(13-16)14-23-9-11-24(12-10-23)28(25,26)18-8-3-2-7-17(18)19(20,21)22/h2-8,13H,9-12,14H2,1H3. The summed E-state index contributed by atoms with van der Waals surface area (Å²) in [6, 6.07) is 11.9. The second-order valence-corrected chi connectivity index (χ2v) is 8.43. The summed E-state index contributed by atoms with van der Waals surface area (Å²) in [5.74, 6) is 0.738. The highest BCUT2D eigenvalue weighted by molar-refractivity contribution is 7.89. The summed E-state index contributed by atoms with van der Waals surface area (Å²) in [6.45, 7) is 1.76. The molecule has 0 aromatic heterocycles. The number of hydrogen-bond acceptors (Lipinski definition) is 4. The first-order valence-electron chi connectivity index (χ1n) is 8.73. The fourth-order valence-corrected chi connectivity index (χ4v) is 4.86. The van der Waals surface area contributed by atoms with Crippen molar-refractivity contribution in [3.8, 4) is 5.75 Å². The van der Waals surface area contributed by atoms with Gasteiger partial charge in [0.1, 0.15) is 5.75 Å². The Labute approximate surface area is 162 Å². The molecule has 2 aromatic carbocycles. The minimum atomic E-state index is -4.72. The molecule has 152 valence electrons. The van der Waals surface area contributed by atoms with Gasteiger partial charge in [-0.25, -0.2) is 8.42 Å². The Bertz CT molecular complexity index is 924. The molecule has 3 rings (SSSR count). The van der Waals surface area contributed by atoms with E-state index in [0.29, 0.717) is 19.6 Å². The van der Waals surface area contributed by atoms with Gasteiger partial charge >= 0.3 is 6.18 Å². The lowest BCUT2D eigenvalue weighted by molar-refractivity contribution is -0.139. The summed E-state index contributed by atoms with van der Waals surface area (Å²) < 4.78 is 71.5.